The van der Waals surface area contributed by atoms with Gasteiger partial charge in [-0.2, -0.15) is 0 Å². The highest BCUT2D eigenvalue weighted by Gasteiger charge is 2.55. The minimum Gasteiger partial charge on any atom is -0.463 e. The maximum atomic E-state index is 12.6. The molecule has 0 spiro atoms. The maximum absolute atomic E-state index is 12.6. The van der Waals surface area contributed by atoms with E-state index in [1.807, 2.05) is 121 Å². The average Bonchev–Trinajstić information content (AvgIpc) is 3.24. The Morgan fingerprint density at radius 2 is 0.917 bits per heavy atom. The normalized spacial score (nSPS) is 26.5. The Balaban J connectivity index is 1.41. The lowest BCUT2D eigenvalue weighted by atomic mass is 9.95. The predicted octanol–water partition coefficient (Wildman–Crippen LogP) is 5.21. The molecule has 0 radical (unpaired) electrons. The molecule has 0 aromatic heterocycles. The second kappa shape index (κ2) is 22.5. The van der Waals surface area contributed by atoms with E-state index in [1.165, 1.54) is 13.8 Å². The highest BCUT2D eigenvalue weighted by molar-refractivity contribution is 5.67. The fourth-order valence-corrected chi connectivity index (χ4v) is 7.05. The standard InChI is InChI=1S/C46H52O14/c1-30(47)52-29-38-40(56-31(2)48)42(43(45(50)58-38)57-32(3)49)60-46-44(55-27-36-22-14-7-15-23-36)41(54-26-35-20-12-6-13-21-35)39(53-25-34-18-10-5-11-19-34)37(59-46)28-51-24-33-16-8-4-9-17-33/h4-23,37-46,50H,24-29H2,1-3H3/t37-,38-,39+,40+,41+,42+,43-,44-,45-,46-/m1/s1. The Bertz CT molecular complexity index is 1900. The van der Waals surface area contributed by atoms with Crippen molar-refractivity contribution in [3.63, 3.8) is 0 Å². The number of carbonyl (C=O) groups excluding carboxylic acids is 3. The van der Waals surface area contributed by atoms with Crippen molar-refractivity contribution in [1.82, 2.24) is 0 Å². The third-order valence-electron chi connectivity index (χ3n) is 9.80. The molecule has 0 amide bonds. The lowest BCUT2D eigenvalue weighted by Gasteiger charge is -2.49. The lowest BCUT2D eigenvalue weighted by Crippen LogP contribution is -2.66. The number of aliphatic hydroxyl groups is 1. The Labute approximate surface area is 349 Å². The third-order valence-corrected chi connectivity index (χ3v) is 9.80. The Hall–Kier alpha value is -5.03. The van der Waals surface area contributed by atoms with Gasteiger partial charge in [0.2, 0.25) is 0 Å². The van der Waals surface area contributed by atoms with Crippen LogP contribution in [0.15, 0.2) is 121 Å². The van der Waals surface area contributed by atoms with Gasteiger partial charge in [0.25, 0.3) is 0 Å². The minimum atomic E-state index is -1.80. The summed E-state index contributed by atoms with van der Waals surface area (Å²) in [7, 11) is 0. The molecule has 0 aliphatic carbocycles. The summed E-state index contributed by atoms with van der Waals surface area (Å²) in [5.74, 6) is -2.16. The van der Waals surface area contributed by atoms with Crippen LogP contribution in [0, 0.1) is 0 Å². The first-order valence-corrected chi connectivity index (χ1v) is 19.8. The van der Waals surface area contributed by atoms with Gasteiger partial charge in [-0.05, 0) is 22.3 Å². The topological polar surface area (TPSA) is 164 Å². The van der Waals surface area contributed by atoms with E-state index in [-0.39, 0.29) is 33.0 Å². The molecule has 14 nitrogen and oxygen atoms in total. The number of benzene rings is 4. The van der Waals surface area contributed by atoms with Crippen LogP contribution in [0.25, 0.3) is 0 Å². The van der Waals surface area contributed by atoms with E-state index >= 15 is 0 Å². The molecule has 1 N–H and O–H groups in total. The van der Waals surface area contributed by atoms with Crippen LogP contribution in [0.2, 0.25) is 0 Å². The summed E-state index contributed by atoms with van der Waals surface area (Å²) < 4.78 is 62.4. The van der Waals surface area contributed by atoms with E-state index in [9.17, 15) is 19.5 Å². The van der Waals surface area contributed by atoms with Crippen molar-refractivity contribution in [2.45, 2.75) is 109 Å². The number of ether oxygens (including phenoxy) is 10. The Morgan fingerprint density at radius 1 is 0.483 bits per heavy atom. The molecule has 60 heavy (non-hydrogen) atoms. The van der Waals surface area contributed by atoms with Gasteiger partial charge in [0.1, 0.15) is 43.2 Å². The first-order valence-electron chi connectivity index (χ1n) is 19.8. The number of hydrogen-bond acceptors (Lipinski definition) is 14. The predicted molar refractivity (Wildman–Crippen MR) is 213 cm³/mol. The van der Waals surface area contributed by atoms with Gasteiger partial charge < -0.3 is 52.5 Å². The molecule has 14 heteroatoms. The zero-order chi connectivity index (χ0) is 42.3. The highest BCUT2D eigenvalue weighted by Crippen LogP contribution is 2.36. The number of rotatable bonds is 19. The Kier molecular flexibility index (Phi) is 16.7. The van der Waals surface area contributed by atoms with E-state index in [0.29, 0.717) is 0 Å². The molecule has 320 valence electrons. The molecule has 2 heterocycles. The average molecular weight is 829 g/mol. The summed E-state index contributed by atoms with van der Waals surface area (Å²) in [6.45, 7) is 3.81. The van der Waals surface area contributed by atoms with Crippen molar-refractivity contribution < 1.29 is 66.9 Å². The Morgan fingerprint density at radius 3 is 1.40 bits per heavy atom. The van der Waals surface area contributed by atoms with E-state index in [4.69, 9.17) is 47.4 Å². The minimum absolute atomic E-state index is 0.0110. The molecular formula is C46H52O14. The van der Waals surface area contributed by atoms with E-state index in [2.05, 4.69) is 0 Å². The SMILES string of the molecule is CC(=O)OC[C@H]1O[C@@H](O)[C@H](OC(C)=O)[C@@H](O[C@H]2O[C@H](COCc3ccccc3)[C@H](OCc3ccccc3)[C@H](OCc3ccccc3)[C@H]2OCc2ccccc2)[C@H]1OC(C)=O. The van der Waals surface area contributed by atoms with Gasteiger partial charge >= 0.3 is 17.9 Å². The van der Waals surface area contributed by atoms with Crippen LogP contribution in [0.5, 0.6) is 0 Å². The molecule has 0 unspecified atom stereocenters. The molecule has 0 bridgehead atoms. The van der Waals surface area contributed by atoms with Crippen molar-refractivity contribution >= 4 is 17.9 Å². The van der Waals surface area contributed by atoms with Crippen LogP contribution in [0.1, 0.15) is 43.0 Å². The van der Waals surface area contributed by atoms with Gasteiger partial charge in [-0.1, -0.05) is 121 Å². The zero-order valence-electron chi connectivity index (χ0n) is 33.8. The molecule has 10 atom stereocenters. The van der Waals surface area contributed by atoms with Crippen LogP contribution in [0.4, 0.5) is 0 Å². The second-order valence-electron chi connectivity index (χ2n) is 14.4. The van der Waals surface area contributed by atoms with Crippen LogP contribution in [-0.4, -0.2) is 97.6 Å². The molecule has 2 aliphatic heterocycles. The van der Waals surface area contributed by atoms with Crippen LogP contribution in [0.3, 0.4) is 0 Å². The third kappa shape index (κ3) is 13.0. The van der Waals surface area contributed by atoms with E-state index in [0.717, 1.165) is 29.2 Å². The van der Waals surface area contributed by atoms with Crippen LogP contribution < -0.4 is 0 Å². The van der Waals surface area contributed by atoms with Crippen molar-refractivity contribution in [1.29, 1.82) is 0 Å². The molecule has 6 rings (SSSR count). The number of esters is 3. The first-order chi connectivity index (χ1) is 29.1. The first kappa shape index (κ1) is 44.5. The van der Waals surface area contributed by atoms with Gasteiger partial charge in [-0.25, -0.2) is 0 Å². The highest BCUT2D eigenvalue weighted by atomic mass is 16.8. The van der Waals surface area contributed by atoms with Crippen molar-refractivity contribution in [3.05, 3.63) is 144 Å². The largest absolute Gasteiger partial charge is 0.463 e. The van der Waals surface area contributed by atoms with Crippen molar-refractivity contribution in [3.8, 4) is 0 Å². The number of carbonyl (C=O) groups is 3. The summed E-state index contributed by atoms with van der Waals surface area (Å²) in [5, 5.41) is 11.3. The monoisotopic (exact) mass is 828 g/mol. The summed E-state index contributed by atoms with van der Waals surface area (Å²) in [4.78, 5) is 37.0. The summed E-state index contributed by atoms with van der Waals surface area (Å²) in [5.41, 5.74) is 3.57. The van der Waals surface area contributed by atoms with Crippen molar-refractivity contribution in [2.24, 2.45) is 0 Å². The second-order valence-corrected chi connectivity index (χ2v) is 14.4. The quantitative estimate of drug-likeness (QED) is 0.0968. The van der Waals surface area contributed by atoms with E-state index < -0.39 is 85.9 Å². The number of hydrogen-bond donors (Lipinski definition) is 1. The molecule has 0 saturated carbocycles. The molecule has 2 saturated heterocycles. The summed E-state index contributed by atoms with van der Waals surface area (Å²) in [6, 6.07) is 38.4. The van der Waals surface area contributed by atoms with Crippen LogP contribution in [-0.2, 0) is 88.2 Å². The fraction of sp³-hybridized carbons (Fsp3) is 0.413. The summed E-state index contributed by atoms with van der Waals surface area (Å²) >= 11 is 0. The van der Waals surface area contributed by atoms with Gasteiger partial charge in [-0.15, -0.1) is 0 Å². The number of aliphatic hydroxyl groups excluding tert-OH is 1. The van der Waals surface area contributed by atoms with E-state index in [1.54, 1.807) is 0 Å². The molecule has 2 fully saturated rings. The van der Waals surface area contributed by atoms with Crippen molar-refractivity contribution in [2.75, 3.05) is 13.2 Å². The maximum Gasteiger partial charge on any atom is 0.303 e. The van der Waals surface area contributed by atoms with Gasteiger partial charge in [-0.3, -0.25) is 14.4 Å². The van der Waals surface area contributed by atoms with Gasteiger partial charge in [0.05, 0.1) is 33.0 Å². The summed E-state index contributed by atoms with van der Waals surface area (Å²) in [6.07, 6.45) is -12.4. The van der Waals surface area contributed by atoms with Crippen LogP contribution >= 0.6 is 0 Å². The molecule has 4 aromatic carbocycles. The molecule has 2 aliphatic rings. The molecule has 4 aromatic rings. The smallest absolute Gasteiger partial charge is 0.303 e. The lowest BCUT2D eigenvalue weighted by molar-refractivity contribution is -0.368. The van der Waals surface area contributed by atoms with Gasteiger partial charge in [0.15, 0.2) is 24.8 Å². The molecular weight excluding hydrogens is 776 g/mol. The van der Waals surface area contributed by atoms with Gasteiger partial charge in [0, 0.05) is 20.8 Å². The zero-order valence-corrected chi connectivity index (χ0v) is 33.8. The fourth-order valence-electron chi connectivity index (χ4n) is 7.05.